The van der Waals surface area contributed by atoms with Gasteiger partial charge in [-0.15, -0.1) is 0 Å². The number of aromatic nitrogens is 2. The summed E-state index contributed by atoms with van der Waals surface area (Å²) in [5.41, 5.74) is 0.472. The van der Waals surface area contributed by atoms with E-state index in [4.69, 9.17) is 12.2 Å². The van der Waals surface area contributed by atoms with Gasteiger partial charge < -0.3 is 0 Å². The topological polar surface area (TPSA) is 45.8 Å². The van der Waals surface area contributed by atoms with Gasteiger partial charge in [-0.2, -0.15) is 5.10 Å². The monoisotopic (exact) mass is 140 g/mol. The van der Waals surface area contributed by atoms with E-state index in [0.717, 1.165) is 0 Å². The first-order valence-electron chi connectivity index (χ1n) is 2.33. The van der Waals surface area contributed by atoms with Crippen molar-refractivity contribution in [2.75, 3.05) is 0 Å². The Morgan fingerprint density at radius 3 is 3.00 bits per heavy atom. The quantitative estimate of drug-likeness (QED) is 0.466. The zero-order valence-corrected chi connectivity index (χ0v) is 5.31. The normalized spacial score (nSPS) is 8.89. The molecule has 0 fully saturated rings. The van der Waals surface area contributed by atoms with Crippen molar-refractivity contribution < 1.29 is 4.79 Å². The first-order valence-corrected chi connectivity index (χ1v) is 2.74. The summed E-state index contributed by atoms with van der Waals surface area (Å²) in [4.78, 5) is 10.1. The van der Waals surface area contributed by atoms with E-state index in [0.29, 0.717) is 16.5 Å². The fourth-order valence-electron chi connectivity index (χ4n) is 0.447. The summed E-state index contributed by atoms with van der Waals surface area (Å²) in [5.74, 6) is 0. The number of aldehydes is 1. The van der Waals surface area contributed by atoms with Gasteiger partial charge in [0.1, 0.15) is 4.64 Å². The molecule has 46 valence electrons. The van der Waals surface area contributed by atoms with Crippen LogP contribution in [-0.2, 0) is 0 Å². The van der Waals surface area contributed by atoms with Gasteiger partial charge in [-0.1, -0.05) is 12.2 Å². The van der Waals surface area contributed by atoms with Gasteiger partial charge in [-0.05, 0) is 6.07 Å². The first kappa shape index (κ1) is 6.10. The first-order chi connectivity index (χ1) is 4.34. The van der Waals surface area contributed by atoms with Crippen LogP contribution in [0.4, 0.5) is 0 Å². The molecule has 0 aromatic carbocycles. The van der Waals surface area contributed by atoms with Crippen molar-refractivity contribution in [1.82, 2.24) is 10.2 Å². The number of hydrogen-bond acceptors (Lipinski definition) is 3. The molecule has 1 aromatic heterocycles. The predicted molar refractivity (Wildman–Crippen MR) is 34.8 cm³/mol. The summed E-state index contributed by atoms with van der Waals surface area (Å²) in [6, 6.07) is 1.56. The molecule has 1 aromatic rings. The van der Waals surface area contributed by atoms with Crippen LogP contribution in [0, 0.1) is 4.64 Å². The Morgan fingerprint density at radius 1 is 1.78 bits per heavy atom. The van der Waals surface area contributed by atoms with Crippen molar-refractivity contribution in [2.45, 2.75) is 0 Å². The highest BCUT2D eigenvalue weighted by molar-refractivity contribution is 7.71. The van der Waals surface area contributed by atoms with Gasteiger partial charge >= 0.3 is 0 Å². The Balaban J connectivity index is 3.32. The third kappa shape index (κ3) is 1.20. The Labute approximate surface area is 56.7 Å². The number of aromatic amines is 1. The van der Waals surface area contributed by atoms with Crippen molar-refractivity contribution in [1.29, 1.82) is 0 Å². The number of nitrogens with zero attached hydrogens (tertiary/aromatic N) is 1. The third-order valence-electron chi connectivity index (χ3n) is 0.884. The van der Waals surface area contributed by atoms with Gasteiger partial charge in [-0.25, -0.2) is 0 Å². The summed E-state index contributed by atoms with van der Waals surface area (Å²) in [6.07, 6.45) is 2.18. The Kier molecular flexibility index (Phi) is 1.69. The van der Waals surface area contributed by atoms with E-state index in [1.807, 2.05) is 0 Å². The second-order valence-electron chi connectivity index (χ2n) is 1.46. The highest BCUT2D eigenvalue weighted by atomic mass is 32.1. The van der Waals surface area contributed by atoms with Gasteiger partial charge in [0.25, 0.3) is 0 Å². The summed E-state index contributed by atoms with van der Waals surface area (Å²) >= 11 is 4.70. The molecular formula is C5H4N2OS. The van der Waals surface area contributed by atoms with Crippen molar-refractivity contribution in [3.05, 3.63) is 22.5 Å². The zero-order chi connectivity index (χ0) is 6.69. The Bertz CT molecular complexity index is 268. The van der Waals surface area contributed by atoms with E-state index in [2.05, 4.69) is 10.2 Å². The number of hydrogen-bond donors (Lipinski definition) is 1. The molecule has 0 unspecified atom stereocenters. The minimum Gasteiger partial charge on any atom is -0.298 e. The molecule has 0 saturated heterocycles. The lowest BCUT2D eigenvalue weighted by molar-refractivity contribution is 0.112. The second kappa shape index (κ2) is 2.50. The smallest absolute Gasteiger partial charge is 0.153 e. The van der Waals surface area contributed by atoms with Crippen LogP contribution in [0.3, 0.4) is 0 Å². The van der Waals surface area contributed by atoms with E-state index < -0.39 is 0 Å². The number of carbonyl (C=O) groups excluding carboxylic acids is 1. The van der Waals surface area contributed by atoms with Gasteiger partial charge in [0.15, 0.2) is 6.29 Å². The molecule has 0 radical (unpaired) electrons. The maximum Gasteiger partial charge on any atom is 0.153 e. The molecule has 0 amide bonds. The van der Waals surface area contributed by atoms with Crippen molar-refractivity contribution in [3.63, 3.8) is 0 Å². The van der Waals surface area contributed by atoms with Gasteiger partial charge in [-0.3, -0.25) is 9.89 Å². The molecule has 0 atom stereocenters. The van der Waals surface area contributed by atoms with Gasteiger partial charge in [0, 0.05) is 6.20 Å². The van der Waals surface area contributed by atoms with E-state index in [1.165, 1.54) is 6.20 Å². The molecule has 0 saturated carbocycles. The Hall–Kier alpha value is -1.03. The zero-order valence-electron chi connectivity index (χ0n) is 4.50. The van der Waals surface area contributed by atoms with Crippen LogP contribution in [0.25, 0.3) is 0 Å². The van der Waals surface area contributed by atoms with Gasteiger partial charge in [0.05, 0.1) is 5.56 Å². The average molecular weight is 140 g/mol. The molecule has 0 spiro atoms. The van der Waals surface area contributed by atoms with Gasteiger partial charge in [0.2, 0.25) is 0 Å². The predicted octanol–water partition coefficient (Wildman–Crippen LogP) is 0.952. The Morgan fingerprint density at radius 2 is 2.56 bits per heavy atom. The average Bonchev–Trinajstić information content (AvgIpc) is 1.89. The molecule has 0 bridgehead atoms. The van der Waals surface area contributed by atoms with E-state index in [9.17, 15) is 4.79 Å². The molecule has 3 nitrogen and oxygen atoms in total. The third-order valence-corrected chi connectivity index (χ3v) is 1.21. The highest BCUT2D eigenvalue weighted by Crippen LogP contribution is 1.90. The van der Waals surface area contributed by atoms with Crippen molar-refractivity contribution in [3.8, 4) is 0 Å². The van der Waals surface area contributed by atoms with E-state index in [1.54, 1.807) is 6.07 Å². The summed E-state index contributed by atoms with van der Waals surface area (Å²) in [6.45, 7) is 0. The number of H-pyrrole nitrogens is 1. The SMILES string of the molecule is O=Cc1ccn[nH]c1=S. The standard InChI is InChI=1S/C5H4N2OS/c8-3-4-1-2-6-7-5(4)9/h1-3H,(H,7,9). The molecule has 1 rings (SSSR count). The lowest BCUT2D eigenvalue weighted by atomic mass is 10.3. The van der Waals surface area contributed by atoms with Crippen molar-refractivity contribution in [2.24, 2.45) is 0 Å². The summed E-state index contributed by atoms with van der Waals surface area (Å²) in [5, 5.41) is 6.09. The molecule has 0 aliphatic heterocycles. The van der Waals surface area contributed by atoms with E-state index >= 15 is 0 Å². The van der Waals surface area contributed by atoms with Crippen LogP contribution in [0.1, 0.15) is 10.4 Å². The van der Waals surface area contributed by atoms with Crippen LogP contribution < -0.4 is 0 Å². The molecule has 1 N–H and O–H groups in total. The van der Waals surface area contributed by atoms with E-state index in [-0.39, 0.29) is 0 Å². The van der Waals surface area contributed by atoms with Crippen LogP contribution in [0.15, 0.2) is 12.3 Å². The van der Waals surface area contributed by atoms with Crippen LogP contribution >= 0.6 is 12.2 Å². The molecular weight excluding hydrogens is 136 g/mol. The minimum absolute atomic E-state index is 0.382. The van der Waals surface area contributed by atoms with Crippen LogP contribution in [0.5, 0.6) is 0 Å². The minimum atomic E-state index is 0.382. The lowest BCUT2D eigenvalue weighted by Gasteiger charge is -1.85. The maximum atomic E-state index is 10.1. The molecule has 1 heterocycles. The lowest BCUT2D eigenvalue weighted by Crippen LogP contribution is -1.86. The molecule has 9 heavy (non-hydrogen) atoms. The summed E-state index contributed by atoms with van der Waals surface area (Å²) in [7, 11) is 0. The largest absolute Gasteiger partial charge is 0.298 e. The summed E-state index contributed by atoms with van der Waals surface area (Å²) < 4.78 is 0.382. The molecule has 4 heteroatoms. The van der Waals surface area contributed by atoms with Crippen LogP contribution in [0.2, 0.25) is 0 Å². The number of carbonyl (C=O) groups is 1. The van der Waals surface area contributed by atoms with Crippen LogP contribution in [-0.4, -0.2) is 16.5 Å². The molecule has 0 aliphatic carbocycles. The number of rotatable bonds is 1. The van der Waals surface area contributed by atoms with Crippen molar-refractivity contribution >= 4 is 18.5 Å². The maximum absolute atomic E-state index is 10.1. The second-order valence-corrected chi connectivity index (χ2v) is 1.87. The fraction of sp³-hybridized carbons (Fsp3) is 0. The fourth-order valence-corrected chi connectivity index (χ4v) is 0.615. The highest BCUT2D eigenvalue weighted by Gasteiger charge is 1.87. The number of nitrogens with one attached hydrogen (secondary N) is 1. The molecule has 0 aliphatic rings.